The molecule has 0 amide bonds. The average molecular weight is 353 g/mol. The lowest BCUT2D eigenvalue weighted by atomic mass is 10.1. The lowest BCUT2D eigenvalue weighted by Crippen LogP contribution is -2.26. The Bertz CT molecular complexity index is 898. The first-order valence-corrected chi connectivity index (χ1v) is 8.81. The van der Waals surface area contributed by atoms with E-state index in [1.807, 2.05) is 28.4 Å². The molecule has 6 heteroatoms. The van der Waals surface area contributed by atoms with Crippen molar-refractivity contribution < 1.29 is 0 Å². The van der Waals surface area contributed by atoms with E-state index in [9.17, 15) is 0 Å². The third-order valence-electron chi connectivity index (χ3n) is 4.25. The maximum atomic E-state index is 5.59. The van der Waals surface area contributed by atoms with Crippen molar-refractivity contribution in [2.75, 3.05) is 6.54 Å². The van der Waals surface area contributed by atoms with Crippen molar-refractivity contribution in [1.29, 1.82) is 0 Å². The van der Waals surface area contributed by atoms with E-state index in [4.69, 9.17) is 17.3 Å². The maximum absolute atomic E-state index is 5.59. The van der Waals surface area contributed by atoms with E-state index in [1.54, 1.807) is 12.4 Å². The Morgan fingerprint density at radius 3 is 2.60 bits per heavy atom. The number of aromatic nitrogens is 4. The Morgan fingerprint density at radius 2 is 1.92 bits per heavy atom. The summed E-state index contributed by atoms with van der Waals surface area (Å²) in [4.78, 5) is 6.39. The van der Waals surface area contributed by atoms with Crippen molar-refractivity contribution in [2.45, 2.75) is 27.1 Å². The second kappa shape index (κ2) is 7.72. The second-order valence-electron chi connectivity index (χ2n) is 6.18. The normalized spacial score (nSPS) is 11.2. The topological polar surface area (TPSA) is 38.9 Å². The summed E-state index contributed by atoms with van der Waals surface area (Å²) in [6, 6.07) is 12.5. The molecule has 3 aromatic rings. The van der Waals surface area contributed by atoms with Crippen LogP contribution in [0.1, 0.15) is 18.1 Å². The number of benzene rings is 1. The van der Waals surface area contributed by atoms with Crippen LogP contribution in [0.4, 0.5) is 0 Å². The summed E-state index contributed by atoms with van der Waals surface area (Å²) < 4.78 is 4.56. The number of aryl methyl sites for hydroxylation is 1. The van der Waals surface area contributed by atoms with Crippen LogP contribution < -0.4 is 0 Å². The zero-order chi connectivity index (χ0) is 17.8. The van der Waals surface area contributed by atoms with Crippen molar-refractivity contribution in [3.8, 4) is 11.4 Å². The first-order chi connectivity index (χ1) is 12.1. The van der Waals surface area contributed by atoms with Gasteiger partial charge >= 0.3 is 0 Å². The summed E-state index contributed by atoms with van der Waals surface area (Å²) in [7, 11) is 1.96. The van der Waals surface area contributed by atoms with E-state index in [2.05, 4.69) is 48.0 Å². The predicted octanol–water partition coefficient (Wildman–Crippen LogP) is 3.80. The molecule has 1 aromatic carbocycles. The summed E-state index contributed by atoms with van der Waals surface area (Å²) >= 11 is 5.59. The molecule has 5 nitrogen and oxygen atoms in total. The van der Waals surface area contributed by atoms with Crippen LogP contribution in [0.25, 0.3) is 11.4 Å². The van der Waals surface area contributed by atoms with Crippen molar-refractivity contribution in [1.82, 2.24) is 24.2 Å². The second-order valence-corrected chi connectivity index (χ2v) is 6.54. The minimum Gasteiger partial charge on any atom is -0.303 e. The quantitative estimate of drug-likeness (QED) is 0.632. The van der Waals surface area contributed by atoms with Gasteiger partial charge in [-0.05, 0) is 43.4 Å². The molecule has 3 rings (SSSR count). The summed E-state index contributed by atoms with van der Waals surface area (Å²) in [5, 5.41) is 4.73. The lowest BCUT2D eigenvalue weighted by molar-refractivity contribution is 0.207. The minimum absolute atomic E-state index is 0.669. The van der Waals surface area contributed by atoms with Gasteiger partial charge in [-0.1, -0.05) is 36.8 Å². The van der Waals surface area contributed by atoms with Gasteiger partial charge in [0.25, 0.3) is 0 Å². The lowest BCUT2D eigenvalue weighted by Gasteiger charge is -2.20. The highest BCUT2D eigenvalue weighted by molar-refractivity contribution is 7.71. The summed E-state index contributed by atoms with van der Waals surface area (Å²) in [6.45, 7) is 6.75. The van der Waals surface area contributed by atoms with Crippen LogP contribution in [0.5, 0.6) is 0 Å². The standard InChI is InChI=1S/C19H23N5S/c1-4-23(13-16-7-5-6-15(2)12-16)14-24-19(25)22(3)18(21-24)17-8-10-20-11-9-17/h5-12H,4,13-14H2,1-3H3. The zero-order valence-electron chi connectivity index (χ0n) is 14.9. The van der Waals surface area contributed by atoms with Gasteiger partial charge in [-0.15, -0.1) is 0 Å². The molecule has 0 N–H and O–H groups in total. The highest BCUT2D eigenvalue weighted by Gasteiger charge is 2.12. The fourth-order valence-corrected chi connectivity index (χ4v) is 3.04. The molecule has 0 fully saturated rings. The van der Waals surface area contributed by atoms with Gasteiger partial charge in [0.1, 0.15) is 0 Å². The highest BCUT2D eigenvalue weighted by atomic mass is 32.1. The molecule has 0 aliphatic rings. The summed E-state index contributed by atoms with van der Waals surface area (Å²) in [5.41, 5.74) is 3.60. The van der Waals surface area contributed by atoms with E-state index in [1.165, 1.54) is 11.1 Å². The number of rotatable bonds is 6. The largest absolute Gasteiger partial charge is 0.303 e. The molecule has 0 spiro atoms. The average Bonchev–Trinajstić information content (AvgIpc) is 2.90. The Balaban J connectivity index is 1.83. The van der Waals surface area contributed by atoms with E-state index in [-0.39, 0.29) is 0 Å². The molecule has 0 saturated carbocycles. The van der Waals surface area contributed by atoms with Crippen molar-refractivity contribution in [3.05, 3.63) is 64.7 Å². The van der Waals surface area contributed by atoms with Gasteiger partial charge in [0.2, 0.25) is 0 Å². The third kappa shape index (κ3) is 4.03. The molecule has 0 atom stereocenters. The predicted molar refractivity (Wildman–Crippen MR) is 103 cm³/mol. The van der Waals surface area contributed by atoms with Gasteiger partial charge in [0.15, 0.2) is 10.6 Å². The molecule has 0 bridgehead atoms. The number of hydrogen-bond donors (Lipinski definition) is 0. The van der Waals surface area contributed by atoms with Crippen molar-refractivity contribution >= 4 is 12.2 Å². The molecule has 0 aliphatic heterocycles. The van der Waals surface area contributed by atoms with Crippen LogP contribution in [0.3, 0.4) is 0 Å². The minimum atomic E-state index is 0.669. The van der Waals surface area contributed by atoms with Crippen LogP contribution in [0, 0.1) is 11.7 Å². The maximum Gasteiger partial charge on any atom is 0.199 e. The Hall–Kier alpha value is -2.31. The Kier molecular flexibility index (Phi) is 5.40. The molecule has 25 heavy (non-hydrogen) atoms. The SMILES string of the molecule is CCN(Cc1cccc(C)c1)Cn1nc(-c2ccncc2)n(C)c1=S. The van der Waals surface area contributed by atoms with Gasteiger partial charge in [0.05, 0.1) is 6.67 Å². The van der Waals surface area contributed by atoms with Crippen molar-refractivity contribution in [2.24, 2.45) is 7.05 Å². The van der Waals surface area contributed by atoms with E-state index in [0.29, 0.717) is 6.67 Å². The fraction of sp³-hybridized carbons (Fsp3) is 0.316. The van der Waals surface area contributed by atoms with Crippen LogP contribution >= 0.6 is 12.2 Å². The smallest absolute Gasteiger partial charge is 0.199 e. The summed E-state index contributed by atoms with van der Waals surface area (Å²) in [6.07, 6.45) is 3.54. The first-order valence-electron chi connectivity index (χ1n) is 8.40. The van der Waals surface area contributed by atoms with Gasteiger partial charge in [-0.2, -0.15) is 5.10 Å². The molecule has 0 aliphatic carbocycles. The number of pyridine rings is 1. The number of nitrogens with zero attached hydrogens (tertiary/aromatic N) is 5. The van der Waals surface area contributed by atoms with E-state index in [0.717, 1.165) is 29.2 Å². The molecule has 0 unspecified atom stereocenters. The number of hydrogen-bond acceptors (Lipinski definition) is 4. The van der Waals surface area contributed by atoms with E-state index >= 15 is 0 Å². The zero-order valence-corrected chi connectivity index (χ0v) is 15.7. The monoisotopic (exact) mass is 353 g/mol. The molecule has 0 saturated heterocycles. The molecule has 2 heterocycles. The van der Waals surface area contributed by atoms with Crippen LogP contribution in [-0.2, 0) is 20.3 Å². The van der Waals surface area contributed by atoms with Gasteiger partial charge in [0, 0.05) is 31.5 Å². The summed E-state index contributed by atoms with van der Waals surface area (Å²) in [5.74, 6) is 0.860. The third-order valence-corrected chi connectivity index (χ3v) is 4.73. The molecule has 2 aromatic heterocycles. The molecule has 0 radical (unpaired) electrons. The molecular formula is C19H23N5S. The molecular weight excluding hydrogens is 330 g/mol. The van der Waals surface area contributed by atoms with E-state index < -0.39 is 0 Å². The van der Waals surface area contributed by atoms with Crippen LogP contribution in [-0.4, -0.2) is 30.8 Å². The first kappa shape index (κ1) is 17.5. The van der Waals surface area contributed by atoms with Crippen LogP contribution in [0.2, 0.25) is 0 Å². The van der Waals surface area contributed by atoms with Crippen LogP contribution in [0.15, 0.2) is 48.8 Å². The highest BCUT2D eigenvalue weighted by Crippen LogP contribution is 2.16. The van der Waals surface area contributed by atoms with Gasteiger partial charge in [-0.3, -0.25) is 9.88 Å². The fourth-order valence-electron chi connectivity index (χ4n) is 2.85. The Morgan fingerprint density at radius 1 is 1.16 bits per heavy atom. The Labute approximate surface area is 153 Å². The van der Waals surface area contributed by atoms with Gasteiger partial charge < -0.3 is 4.57 Å². The van der Waals surface area contributed by atoms with Crippen molar-refractivity contribution in [3.63, 3.8) is 0 Å². The van der Waals surface area contributed by atoms with Gasteiger partial charge in [-0.25, -0.2) is 4.68 Å². The molecule has 130 valence electrons.